The van der Waals surface area contributed by atoms with Gasteiger partial charge in [0.05, 0.1) is 5.69 Å². The average molecular weight is 363 g/mol. The van der Waals surface area contributed by atoms with E-state index in [0.29, 0.717) is 12.2 Å². The van der Waals surface area contributed by atoms with Gasteiger partial charge in [-0.3, -0.25) is 4.79 Å². The molecule has 0 saturated heterocycles. The number of amides is 1. The van der Waals surface area contributed by atoms with Gasteiger partial charge in [-0.15, -0.1) is 11.3 Å². The van der Waals surface area contributed by atoms with Crippen molar-refractivity contribution >= 4 is 22.9 Å². The SMILES string of the molecule is O=C(c1ccc(OCc2ccccc2)cc1)N1CCCCc2sccc21. The van der Waals surface area contributed by atoms with Crippen molar-refractivity contribution in [1.29, 1.82) is 0 Å². The molecular formula is C22H21NO2S. The first-order chi connectivity index (χ1) is 12.8. The van der Waals surface area contributed by atoms with Crippen LogP contribution in [0.1, 0.15) is 33.6 Å². The van der Waals surface area contributed by atoms with E-state index in [9.17, 15) is 4.79 Å². The third-order valence-corrected chi connectivity index (χ3v) is 5.61. The number of thiophene rings is 1. The van der Waals surface area contributed by atoms with E-state index in [1.807, 2.05) is 59.5 Å². The zero-order valence-corrected chi connectivity index (χ0v) is 15.4. The Labute approximate surface area is 157 Å². The van der Waals surface area contributed by atoms with Gasteiger partial charge in [0.2, 0.25) is 0 Å². The fraction of sp³-hybridized carbons (Fsp3) is 0.227. The second-order valence-electron chi connectivity index (χ2n) is 6.44. The molecule has 1 amide bonds. The molecule has 0 aliphatic carbocycles. The Morgan fingerprint density at radius 2 is 1.81 bits per heavy atom. The van der Waals surface area contributed by atoms with E-state index < -0.39 is 0 Å². The molecule has 0 fully saturated rings. The van der Waals surface area contributed by atoms with Crippen LogP contribution in [0.2, 0.25) is 0 Å². The zero-order chi connectivity index (χ0) is 17.8. The summed E-state index contributed by atoms with van der Waals surface area (Å²) in [7, 11) is 0. The Hall–Kier alpha value is -2.59. The minimum atomic E-state index is 0.0705. The van der Waals surface area contributed by atoms with Crippen LogP contribution in [-0.4, -0.2) is 12.5 Å². The number of carbonyl (C=O) groups is 1. The molecule has 3 nitrogen and oxygen atoms in total. The number of ether oxygens (including phenoxy) is 1. The molecule has 4 rings (SSSR count). The van der Waals surface area contributed by atoms with E-state index in [2.05, 4.69) is 11.4 Å². The topological polar surface area (TPSA) is 29.5 Å². The van der Waals surface area contributed by atoms with Gasteiger partial charge in [0.25, 0.3) is 5.91 Å². The highest BCUT2D eigenvalue weighted by Crippen LogP contribution is 2.32. The highest BCUT2D eigenvalue weighted by molar-refractivity contribution is 7.10. The van der Waals surface area contributed by atoms with Crippen LogP contribution in [0, 0.1) is 0 Å². The molecule has 0 spiro atoms. The zero-order valence-electron chi connectivity index (χ0n) is 14.6. The number of aryl methyl sites for hydroxylation is 1. The van der Waals surface area contributed by atoms with Gasteiger partial charge in [-0.2, -0.15) is 0 Å². The number of fused-ring (bicyclic) bond motifs is 1. The van der Waals surface area contributed by atoms with Crippen molar-refractivity contribution in [3.63, 3.8) is 0 Å². The van der Waals surface area contributed by atoms with Crippen molar-refractivity contribution < 1.29 is 9.53 Å². The van der Waals surface area contributed by atoms with E-state index in [1.165, 1.54) is 4.88 Å². The molecule has 0 atom stereocenters. The molecule has 0 bridgehead atoms. The quantitative estimate of drug-likeness (QED) is 0.629. The minimum Gasteiger partial charge on any atom is -0.489 e. The Kier molecular flexibility index (Phi) is 5.02. The maximum Gasteiger partial charge on any atom is 0.258 e. The van der Waals surface area contributed by atoms with Crippen molar-refractivity contribution in [3.05, 3.63) is 82.0 Å². The van der Waals surface area contributed by atoms with Crippen LogP contribution in [0.15, 0.2) is 66.0 Å². The van der Waals surface area contributed by atoms with E-state index in [-0.39, 0.29) is 5.91 Å². The highest BCUT2D eigenvalue weighted by atomic mass is 32.1. The smallest absolute Gasteiger partial charge is 0.258 e. The monoisotopic (exact) mass is 363 g/mol. The fourth-order valence-electron chi connectivity index (χ4n) is 3.24. The van der Waals surface area contributed by atoms with Gasteiger partial charge in [-0.1, -0.05) is 30.3 Å². The van der Waals surface area contributed by atoms with Crippen LogP contribution in [-0.2, 0) is 13.0 Å². The lowest BCUT2D eigenvalue weighted by atomic mass is 10.1. The number of hydrogen-bond acceptors (Lipinski definition) is 3. The highest BCUT2D eigenvalue weighted by Gasteiger charge is 2.23. The molecule has 132 valence electrons. The average Bonchev–Trinajstić information content (AvgIpc) is 3.06. The number of nitrogens with zero attached hydrogens (tertiary/aromatic N) is 1. The van der Waals surface area contributed by atoms with Crippen LogP contribution in [0.5, 0.6) is 5.75 Å². The van der Waals surface area contributed by atoms with Crippen LogP contribution < -0.4 is 9.64 Å². The number of anilines is 1. The lowest BCUT2D eigenvalue weighted by Gasteiger charge is -2.21. The largest absolute Gasteiger partial charge is 0.489 e. The van der Waals surface area contributed by atoms with Crippen molar-refractivity contribution in [2.45, 2.75) is 25.9 Å². The number of hydrogen-bond donors (Lipinski definition) is 0. The summed E-state index contributed by atoms with van der Waals surface area (Å²) in [5.74, 6) is 0.846. The van der Waals surface area contributed by atoms with Gasteiger partial charge in [0, 0.05) is 17.0 Å². The molecule has 3 aromatic rings. The first-order valence-electron chi connectivity index (χ1n) is 8.96. The van der Waals surface area contributed by atoms with Crippen LogP contribution >= 0.6 is 11.3 Å². The summed E-state index contributed by atoms with van der Waals surface area (Å²) in [5, 5.41) is 2.08. The number of rotatable bonds is 4. The predicted octanol–water partition coefficient (Wildman–Crippen LogP) is 5.31. The maximum absolute atomic E-state index is 13.0. The maximum atomic E-state index is 13.0. The molecule has 1 aliphatic heterocycles. The van der Waals surface area contributed by atoms with Crippen LogP contribution in [0.25, 0.3) is 0 Å². The molecule has 2 aromatic carbocycles. The third-order valence-electron chi connectivity index (χ3n) is 4.64. The van der Waals surface area contributed by atoms with Crippen LogP contribution in [0.4, 0.5) is 5.69 Å². The van der Waals surface area contributed by atoms with Gasteiger partial charge < -0.3 is 9.64 Å². The van der Waals surface area contributed by atoms with Gasteiger partial charge in [0.1, 0.15) is 12.4 Å². The summed E-state index contributed by atoms with van der Waals surface area (Å²) in [6.07, 6.45) is 3.26. The van der Waals surface area contributed by atoms with Crippen molar-refractivity contribution in [2.24, 2.45) is 0 Å². The normalized spacial score (nSPS) is 13.8. The van der Waals surface area contributed by atoms with Gasteiger partial charge >= 0.3 is 0 Å². The second kappa shape index (κ2) is 7.75. The number of carbonyl (C=O) groups excluding carboxylic acids is 1. The van der Waals surface area contributed by atoms with Crippen molar-refractivity contribution in [2.75, 3.05) is 11.4 Å². The first-order valence-corrected chi connectivity index (χ1v) is 9.84. The second-order valence-corrected chi connectivity index (χ2v) is 7.44. The molecule has 4 heteroatoms. The van der Waals surface area contributed by atoms with E-state index in [0.717, 1.165) is 42.8 Å². The molecule has 0 saturated carbocycles. The molecule has 0 N–H and O–H groups in total. The summed E-state index contributed by atoms with van der Waals surface area (Å²) >= 11 is 1.75. The summed E-state index contributed by atoms with van der Waals surface area (Å²) in [4.78, 5) is 16.2. The molecule has 0 unspecified atom stereocenters. The summed E-state index contributed by atoms with van der Waals surface area (Å²) in [6, 6.07) is 19.6. The van der Waals surface area contributed by atoms with Gasteiger partial charge in [-0.05, 0) is 60.5 Å². The van der Waals surface area contributed by atoms with E-state index in [4.69, 9.17) is 4.74 Å². The summed E-state index contributed by atoms with van der Waals surface area (Å²) < 4.78 is 5.81. The van der Waals surface area contributed by atoms with E-state index in [1.54, 1.807) is 11.3 Å². The molecule has 2 heterocycles. The Balaban J connectivity index is 1.46. The molecular weight excluding hydrogens is 342 g/mol. The van der Waals surface area contributed by atoms with Gasteiger partial charge in [0.15, 0.2) is 0 Å². The summed E-state index contributed by atoms with van der Waals surface area (Å²) in [6.45, 7) is 1.31. The molecule has 1 aliphatic rings. The lowest BCUT2D eigenvalue weighted by Crippen LogP contribution is -2.31. The Bertz CT molecular complexity index is 871. The van der Waals surface area contributed by atoms with Gasteiger partial charge in [-0.25, -0.2) is 0 Å². The Morgan fingerprint density at radius 1 is 1.00 bits per heavy atom. The standard InChI is InChI=1S/C22H21NO2S/c24-22(23-14-5-4-8-21-20(23)13-15-26-21)18-9-11-19(12-10-18)25-16-17-6-2-1-3-7-17/h1-3,6-7,9-13,15H,4-5,8,14,16H2. The van der Waals surface area contributed by atoms with Crippen molar-refractivity contribution in [1.82, 2.24) is 0 Å². The molecule has 0 radical (unpaired) electrons. The lowest BCUT2D eigenvalue weighted by molar-refractivity contribution is 0.0987. The molecule has 26 heavy (non-hydrogen) atoms. The van der Waals surface area contributed by atoms with Crippen molar-refractivity contribution in [3.8, 4) is 5.75 Å². The first kappa shape index (κ1) is 16.9. The van der Waals surface area contributed by atoms with Crippen LogP contribution in [0.3, 0.4) is 0 Å². The minimum absolute atomic E-state index is 0.0705. The molecule has 1 aromatic heterocycles. The Morgan fingerprint density at radius 3 is 2.62 bits per heavy atom. The summed E-state index contributed by atoms with van der Waals surface area (Å²) in [5.41, 5.74) is 2.92. The third kappa shape index (κ3) is 3.65. The fourth-order valence-corrected chi connectivity index (χ4v) is 4.16. The van der Waals surface area contributed by atoms with E-state index >= 15 is 0 Å². The number of benzene rings is 2. The predicted molar refractivity (Wildman–Crippen MR) is 106 cm³/mol.